The van der Waals surface area contributed by atoms with Crippen molar-refractivity contribution in [3.63, 3.8) is 0 Å². The largest absolute Gasteiger partial charge is 0.455 e. The molecule has 6 heteroatoms. The summed E-state index contributed by atoms with van der Waals surface area (Å²) < 4.78 is 33.4. The van der Waals surface area contributed by atoms with Crippen molar-refractivity contribution in [2.24, 2.45) is 5.73 Å². The Bertz CT molecular complexity index is 903. The molecule has 4 nitrogen and oxygen atoms in total. The number of fused-ring (bicyclic) bond motifs is 1. The van der Waals surface area contributed by atoms with Crippen molar-refractivity contribution in [3.05, 3.63) is 59.2 Å². The molecule has 118 valence electrons. The Hall–Kier alpha value is -2.73. The van der Waals surface area contributed by atoms with Crippen LogP contribution in [-0.2, 0) is 6.54 Å². The number of furan rings is 1. The molecule has 0 aliphatic rings. The highest BCUT2D eigenvalue weighted by Crippen LogP contribution is 2.32. The summed E-state index contributed by atoms with van der Waals surface area (Å²) in [6.45, 7) is 0.536. The second-order valence-corrected chi connectivity index (χ2v) is 5.19. The van der Waals surface area contributed by atoms with Crippen molar-refractivity contribution in [2.45, 2.75) is 6.54 Å². The Morgan fingerprint density at radius 2 is 2.00 bits per heavy atom. The number of primary amides is 1. The lowest BCUT2D eigenvalue weighted by Gasteiger charge is -2.03. The Balaban J connectivity index is 2.14. The van der Waals surface area contributed by atoms with Gasteiger partial charge >= 0.3 is 0 Å². The number of carbonyl (C=O) groups is 1. The fourth-order valence-electron chi connectivity index (χ4n) is 2.50. The van der Waals surface area contributed by atoms with E-state index < -0.39 is 17.5 Å². The molecule has 0 radical (unpaired) electrons. The van der Waals surface area contributed by atoms with Crippen LogP contribution in [0.2, 0.25) is 0 Å². The monoisotopic (exact) mass is 316 g/mol. The molecule has 0 aliphatic carbocycles. The summed E-state index contributed by atoms with van der Waals surface area (Å²) in [6, 6.07) is 8.44. The van der Waals surface area contributed by atoms with E-state index in [0.29, 0.717) is 11.9 Å². The zero-order chi connectivity index (χ0) is 16.6. The van der Waals surface area contributed by atoms with E-state index in [9.17, 15) is 13.6 Å². The van der Waals surface area contributed by atoms with Gasteiger partial charge in [0, 0.05) is 11.9 Å². The Morgan fingerprint density at radius 3 is 2.65 bits per heavy atom. The predicted molar refractivity (Wildman–Crippen MR) is 82.8 cm³/mol. The van der Waals surface area contributed by atoms with Crippen LogP contribution >= 0.6 is 0 Å². The van der Waals surface area contributed by atoms with E-state index >= 15 is 0 Å². The van der Waals surface area contributed by atoms with Crippen LogP contribution in [0.15, 0.2) is 40.8 Å². The molecule has 0 spiro atoms. The first kappa shape index (κ1) is 15.2. The second-order valence-electron chi connectivity index (χ2n) is 5.19. The lowest BCUT2D eigenvalue weighted by atomic mass is 10.1. The number of hydrogen-bond acceptors (Lipinski definition) is 3. The predicted octanol–water partition coefficient (Wildman–Crippen LogP) is 3.20. The maximum Gasteiger partial charge on any atom is 0.252 e. The van der Waals surface area contributed by atoms with Gasteiger partial charge < -0.3 is 15.5 Å². The maximum absolute atomic E-state index is 14.3. The van der Waals surface area contributed by atoms with Gasteiger partial charge in [-0.3, -0.25) is 4.79 Å². The van der Waals surface area contributed by atoms with Crippen molar-refractivity contribution in [1.29, 1.82) is 0 Å². The molecule has 0 aliphatic heterocycles. The molecular weight excluding hydrogens is 302 g/mol. The number of nitrogens with one attached hydrogen (secondary N) is 1. The van der Waals surface area contributed by atoms with Gasteiger partial charge in [-0.25, -0.2) is 8.78 Å². The molecule has 1 heterocycles. The average Bonchev–Trinajstić information content (AvgIpc) is 2.89. The van der Waals surface area contributed by atoms with Gasteiger partial charge in [-0.15, -0.1) is 0 Å². The summed E-state index contributed by atoms with van der Waals surface area (Å²) >= 11 is 0. The molecular formula is C17H14F2N2O2. The van der Waals surface area contributed by atoms with Gasteiger partial charge in [0.05, 0.1) is 11.1 Å². The minimum Gasteiger partial charge on any atom is -0.455 e. The fourth-order valence-corrected chi connectivity index (χ4v) is 2.50. The summed E-state index contributed by atoms with van der Waals surface area (Å²) in [5.74, 6) is -1.66. The first-order chi connectivity index (χ1) is 11.0. The number of carbonyl (C=O) groups excluding carboxylic acids is 1. The van der Waals surface area contributed by atoms with E-state index in [1.54, 1.807) is 19.2 Å². The van der Waals surface area contributed by atoms with E-state index in [0.717, 1.165) is 11.6 Å². The van der Waals surface area contributed by atoms with Crippen LogP contribution in [0.1, 0.15) is 15.9 Å². The Labute approximate surface area is 130 Å². The van der Waals surface area contributed by atoms with Gasteiger partial charge in [-0.05, 0) is 42.9 Å². The number of rotatable bonds is 4. The van der Waals surface area contributed by atoms with Crippen LogP contribution in [0.3, 0.4) is 0 Å². The maximum atomic E-state index is 14.3. The third-order valence-corrected chi connectivity index (χ3v) is 3.53. The van der Waals surface area contributed by atoms with Crippen LogP contribution in [0.25, 0.3) is 22.3 Å². The van der Waals surface area contributed by atoms with Gasteiger partial charge in [-0.2, -0.15) is 0 Å². The van der Waals surface area contributed by atoms with Crippen molar-refractivity contribution < 1.29 is 18.0 Å². The van der Waals surface area contributed by atoms with Gasteiger partial charge in [0.25, 0.3) is 5.91 Å². The highest BCUT2D eigenvalue weighted by molar-refractivity contribution is 6.04. The van der Waals surface area contributed by atoms with E-state index in [-0.39, 0.29) is 22.5 Å². The lowest BCUT2D eigenvalue weighted by molar-refractivity contribution is 0.100. The zero-order valence-corrected chi connectivity index (χ0v) is 12.3. The number of benzene rings is 2. The molecule has 1 amide bonds. The van der Waals surface area contributed by atoms with E-state index in [1.807, 2.05) is 0 Å². The molecule has 3 rings (SSSR count). The lowest BCUT2D eigenvalue weighted by Crippen LogP contribution is -2.11. The van der Waals surface area contributed by atoms with Gasteiger partial charge in [0.1, 0.15) is 23.0 Å². The smallest absolute Gasteiger partial charge is 0.252 e. The molecule has 0 fully saturated rings. The molecule has 0 saturated heterocycles. The molecule has 0 unspecified atom stereocenters. The van der Waals surface area contributed by atoms with Crippen LogP contribution in [-0.4, -0.2) is 13.0 Å². The number of hydrogen-bond donors (Lipinski definition) is 2. The molecule has 0 saturated carbocycles. The number of nitrogens with two attached hydrogens (primary N) is 1. The van der Waals surface area contributed by atoms with Crippen LogP contribution in [0, 0.1) is 11.6 Å². The second kappa shape index (κ2) is 5.81. The molecule has 1 aromatic heterocycles. The van der Waals surface area contributed by atoms with Crippen LogP contribution in [0.4, 0.5) is 8.78 Å². The highest BCUT2D eigenvalue weighted by Gasteiger charge is 2.17. The van der Waals surface area contributed by atoms with E-state index in [4.69, 9.17) is 10.2 Å². The van der Waals surface area contributed by atoms with Gasteiger partial charge in [0.15, 0.2) is 0 Å². The van der Waals surface area contributed by atoms with Crippen LogP contribution in [0.5, 0.6) is 0 Å². The minimum absolute atomic E-state index is 0.0709. The summed E-state index contributed by atoms with van der Waals surface area (Å²) in [5, 5.41) is 3.29. The third-order valence-electron chi connectivity index (χ3n) is 3.53. The molecule has 0 atom stereocenters. The summed E-state index contributed by atoms with van der Waals surface area (Å²) in [6.07, 6.45) is 0. The molecule has 3 aromatic rings. The normalized spacial score (nSPS) is 11.1. The Morgan fingerprint density at radius 1 is 1.22 bits per heavy atom. The van der Waals surface area contributed by atoms with Crippen molar-refractivity contribution in [1.82, 2.24) is 5.32 Å². The highest BCUT2D eigenvalue weighted by atomic mass is 19.1. The van der Waals surface area contributed by atoms with Gasteiger partial charge in [0.2, 0.25) is 0 Å². The molecule has 0 bridgehead atoms. The average molecular weight is 316 g/mol. The fraction of sp³-hybridized carbons (Fsp3) is 0.118. The minimum atomic E-state index is -0.805. The third kappa shape index (κ3) is 2.80. The van der Waals surface area contributed by atoms with Gasteiger partial charge in [-0.1, -0.05) is 6.07 Å². The van der Waals surface area contributed by atoms with Crippen molar-refractivity contribution in [3.8, 4) is 11.3 Å². The summed E-state index contributed by atoms with van der Waals surface area (Å²) in [4.78, 5) is 11.4. The van der Waals surface area contributed by atoms with E-state index in [2.05, 4.69) is 5.32 Å². The quantitative estimate of drug-likeness (QED) is 0.776. The standard InChI is InChI=1S/C17H14F2N2O2/c1-21-8-9-2-3-12(14(19)4-9)15-6-10-5-11(18)7-13(17(20)22)16(10)23-15/h2-7,21H,8H2,1H3,(H2,20,22). The summed E-state index contributed by atoms with van der Waals surface area (Å²) in [7, 11) is 1.77. The van der Waals surface area contributed by atoms with Crippen molar-refractivity contribution >= 4 is 16.9 Å². The summed E-state index contributed by atoms with van der Waals surface area (Å²) in [5.41, 5.74) is 6.33. The van der Waals surface area contributed by atoms with Crippen molar-refractivity contribution in [2.75, 3.05) is 7.05 Å². The molecule has 2 aromatic carbocycles. The molecule has 3 N–H and O–H groups in total. The zero-order valence-electron chi connectivity index (χ0n) is 12.3. The molecule has 23 heavy (non-hydrogen) atoms. The first-order valence-corrected chi connectivity index (χ1v) is 6.96. The Kier molecular flexibility index (Phi) is 3.83. The first-order valence-electron chi connectivity index (χ1n) is 6.96. The number of amides is 1. The van der Waals surface area contributed by atoms with E-state index in [1.165, 1.54) is 18.2 Å². The topological polar surface area (TPSA) is 68.3 Å². The SMILES string of the molecule is CNCc1ccc(-c2cc3cc(F)cc(C(N)=O)c3o2)c(F)c1. The number of halogens is 2. The van der Waals surface area contributed by atoms with Crippen LogP contribution < -0.4 is 11.1 Å².